The minimum Gasteiger partial charge on any atom is -0.320 e. The van der Waals surface area contributed by atoms with Crippen molar-refractivity contribution in [2.24, 2.45) is 0 Å². The number of aromatic nitrogens is 2. The number of amides is 1. The van der Waals surface area contributed by atoms with E-state index in [0.717, 1.165) is 43.3 Å². The largest absolute Gasteiger partial charge is 0.344 e. The van der Waals surface area contributed by atoms with E-state index in [-0.39, 0.29) is 6.03 Å². The first-order valence-corrected chi connectivity index (χ1v) is 7.77. The van der Waals surface area contributed by atoms with Gasteiger partial charge in [-0.2, -0.15) is 9.78 Å². The van der Waals surface area contributed by atoms with Crippen LogP contribution in [0.25, 0.3) is 0 Å². The van der Waals surface area contributed by atoms with Crippen LogP contribution in [0.3, 0.4) is 0 Å². The highest BCUT2D eigenvalue weighted by Gasteiger charge is 2.22. The van der Waals surface area contributed by atoms with E-state index in [0.29, 0.717) is 0 Å². The van der Waals surface area contributed by atoms with E-state index in [4.69, 9.17) is 11.6 Å². The molecule has 22 heavy (non-hydrogen) atoms. The summed E-state index contributed by atoms with van der Waals surface area (Å²) in [7, 11) is 0. The second-order valence-electron chi connectivity index (χ2n) is 5.64. The van der Waals surface area contributed by atoms with Crippen LogP contribution < -0.4 is 0 Å². The van der Waals surface area contributed by atoms with Crippen LogP contribution in [-0.4, -0.2) is 51.8 Å². The minimum atomic E-state index is -0.0458. The second-order valence-corrected chi connectivity index (χ2v) is 6.07. The van der Waals surface area contributed by atoms with E-state index in [1.54, 1.807) is 12.4 Å². The Balaban J connectivity index is 1.55. The highest BCUT2D eigenvalue weighted by molar-refractivity contribution is 6.30. The summed E-state index contributed by atoms with van der Waals surface area (Å²) in [6.45, 7) is 5.96. The van der Waals surface area contributed by atoms with Crippen LogP contribution in [0.1, 0.15) is 11.1 Å². The number of carbonyl (C=O) groups excluding carboxylic acids is 1. The predicted molar refractivity (Wildman–Crippen MR) is 86.1 cm³/mol. The average Bonchev–Trinajstić information content (AvgIpc) is 2.94. The number of benzene rings is 1. The maximum Gasteiger partial charge on any atom is 0.344 e. The molecule has 2 aromatic rings. The molecule has 2 heterocycles. The predicted octanol–water partition coefficient (Wildman–Crippen LogP) is 2.63. The molecule has 6 heteroatoms. The van der Waals surface area contributed by atoms with E-state index in [2.05, 4.69) is 16.1 Å². The van der Waals surface area contributed by atoms with Crippen molar-refractivity contribution in [3.8, 4) is 0 Å². The van der Waals surface area contributed by atoms with Crippen molar-refractivity contribution < 1.29 is 4.79 Å². The molecule has 1 aromatic carbocycles. The van der Waals surface area contributed by atoms with Crippen molar-refractivity contribution in [1.29, 1.82) is 0 Å². The van der Waals surface area contributed by atoms with Crippen molar-refractivity contribution in [2.45, 2.75) is 13.5 Å². The fourth-order valence-corrected chi connectivity index (χ4v) is 2.87. The molecular formula is C16H19ClN4O. The number of nitrogens with zero attached hydrogens (tertiary/aromatic N) is 4. The lowest BCUT2D eigenvalue weighted by molar-refractivity contribution is 0.134. The second kappa shape index (κ2) is 6.50. The van der Waals surface area contributed by atoms with E-state index in [1.807, 2.05) is 30.0 Å². The van der Waals surface area contributed by atoms with Gasteiger partial charge in [0, 0.05) is 43.9 Å². The molecule has 1 fully saturated rings. The van der Waals surface area contributed by atoms with Crippen LogP contribution in [0.2, 0.25) is 5.02 Å². The Morgan fingerprint density at radius 2 is 2.05 bits per heavy atom. The summed E-state index contributed by atoms with van der Waals surface area (Å²) in [5.41, 5.74) is 2.20. The highest BCUT2D eigenvalue weighted by atomic mass is 35.5. The highest BCUT2D eigenvalue weighted by Crippen LogP contribution is 2.14. The zero-order valence-corrected chi connectivity index (χ0v) is 13.3. The Morgan fingerprint density at radius 3 is 2.68 bits per heavy atom. The lowest BCUT2D eigenvalue weighted by Crippen LogP contribution is -2.49. The van der Waals surface area contributed by atoms with E-state index in [9.17, 15) is 4.79 Å². The van der Waals surface area contributed by atoms with E-state index >= 15 is 0 Å². The third-order valence-electron chi connectivity index (χ3n) is 3.85. The Labute approximate surface area is 135 Å². The molecule has 116 valence electrons. The number of rotatable bonds is 2. The minimum absolute atomic E-state index is 0.0458. The standard InChI is InChI=1S/C16H19ClN4O/c1-13-10-18-21(11-13)16(22)20-7-5-19(6-8-20)12-14-3-2-4-15(17)9-14/h2-4,9-11H,5-8,12H2,1H3. The first-order valence-electron chi connectivity index (χ1n) is 7.39. The van der Waals surface area contributed by atoms with Gasteiger partial charge in [0.05, 0.1) is 6.20 Å². The molecule has 0 bridgehead atoms. The van der Waals surface area contributed by atoms with Crippen molar-refractivity contribution in [1.82, 2.24) is 19.6 Å². The summed E-state index contributed by atoms with van der Waals surface area (Å²) < 4.78 is 1.42. The summed E-state index contributed by atoms with van der Waals surface area (Å²) in [4.78, 5) is 16.5. The normalized spacial score (nSPS) is 16.0. The van der Waals surface area contributed by atoms with Gasteiger partial charge in [0.25, 0.3) is 0 Å². The molecule has 0 aliphatic carbocycles. The van der Waals surface area contributed by atoms with E-state index in [1.165, 1.54) is 10.2 Å². The molecule has 1 aromatic heterocycles. The Morgan fingerprint density at radius 1 is 1.27 bits per heavy atom. The lowest BCUT2D eigenvalue weighted by atomic mass is 10.2. The summed E-state index contributed by atoms with van der Waals surface area (Å²) in [6.07, 6.45) is 3.47. The molecule has 1 amide bonds. The van der Waals surface area contributed by atoms with Crippen LogP contribution in [0.4, 0.5) is 4.79 Å². The van der Waals surface area contributed by atoms with Gasteiger partial charge in [-0.1, -0.05) is 23.7 Å². The van der Waals surface area contributed by atoms with Gasteiger partial charge in [-0.05, 0) is 30.2 Å². The first-order chi connectivity index (χ1) is 10.6. The molecule has 1 aliphatic rings. The summed E-state index contributed by atoms with van der Waals surface area (Å²) in [5.74, 6) is 0. The van der Waals surface area contributed by atoms with Crippen molar-refractivity contribution in [3.63, 3.8) is 0 Å². The van der Waals surface area contributed by atoms with Crippen LogP contribution in [0.15, 0.2) is 36.7 Å². The van der Waals surface area contributed by atoms with E-state index < -0.39 is 0 Å². The topological polar surface area (TPSA) is 41.4 Å². The zero-order chi connectivity index (χ0) is 15.5. The van der Waals surface area contributed by atoms with Gasteiger partial charge < -0.3 is 4.90 Å². The quantitative estimate of drug-likeness (QED) is 0.854. The third kappa shape index (κ3) is 3.48. The maximum absolute atomic E-state index is 12.3. The molecule has 0 radical (unpaired) electrons. The van der Waals surface area contributed by atoms with Crippen molar-refractivity contribution in [2.75, 3.05) is 26.2 Å². The number of aryl methyl sites for hydroxylation is 1. The monoisotopic (exact) mass is 318 g/mol. The maximum atomic E-state index is 12.3. The third-order valence-corrected chi connectivity index (χ3v) is 4.08. The molecule has 5 nitrogen and oxygen atoms in total. The summed E-state index contributed by atoms with van der Waals surface area (Å²) >= 11 is 6.02. The number of hydrogen-bond acceptors (Lipinski definition) is 3. The van der Waals surface area contributed by atoms with Gasteiger partial charge >= 0.3 is 6.03 Å². The lowest BCUT2D eigenvalue weighted by Gasteiger charge is -2.34. The van der Waals surface area contributed by atoms with Crippen LogP contribution >= 0.6 is 11.6 Å². The fraction of sp³-hybridized carbons (Fsp3) is 0.375. The molecule has 0 unspecified atom stereocenters. The van der Waals surface area contributed by atoms with Crippen molar-refractivity contribution >= 4 is 17.6 Å². The van der Waals surface area contributed by atoms with Gasteiger partial charge in [0.1, 0.15) is 0 Å². The molecule has 1 saturated heterocycles. The number of hydrogen-bond donors (Lipinski definition) is 0. The number of piperazine rings is 1. The molecule has 0 N–H and O–H groups in total. The van der Waals surface area contributed by atoms with Gasteiger partial charge in [0.2, 0.25) is 0 Å². The number of halogens is 1. The van der Waals surface area contributed by atoms with Crippen LogP contribution in [0.5, 0.6) is 0 Å². The van der Waals surface area contributed by atoms with Gasteiger partial charge in [-0.3, -0.25) is 4.90 Å². The molecule has 0 atom stereocenters. The molecule has 1 aliphatic heterocycles. The Bertz CT molecular complexity index is 662. The summed E-state index contributed by atoms with van der Waals surface area (Å²) in [5, 5.41) is 4.85. The molecule has 0 saturated carbocycles. The van der Waals surface area contributed by atoms with Gasteiger partial charge in [0.15, 0.2) is 0 Å². The fourth-order valence-electron chi connectivity index (χ4n) is 2.65. The van der Waals surface area contributed by atoms with Gasteiger partial charge in [-0.15, -0.1) is 0 Å². The molecule has 3 rings (SSSR count). The van der Waals surface area contributed by atoms with Crippen LogP contribution in [0, 0.1) is 6.92 Å². The zero-order valence-electron chi connectivity index (χ0n) is 12.6. The Kier molecular flexibility index (Phi) is 4.45. The number of carbonyl (C=O) groups is 1. The van der Waals surface area contributed by atoms with Crippen molar-refractivity contribution in [3.05, 3.63) is 52.8 Å². The summed E-state index contributed by atoms with van der Waals surface area (Å²) in [6, 6.07) is 7.88. The average molecular weight is 319 g/mol. The smallest absolute Gasteiger partial charge is 0.320 e. The SMILES string of the molecule is Cc1cnn(C(=O)N2CCN(Cc3cccc(Cl)c3)CC2)c1. The first kappa shape index (κ1) is 15.1. The van der Waals surface area contributed by atoms with Gasteiger partial charge in [-0.25, -0.2) is 4.79 Å². The van der Waals surface area contributed by atoms with Crippen LogP contribution in [-0.2, 0) is 6.54 Å². The molecule has 0 spiro atoms. The molecular weight excluding hydrogens is 300 g/mol. The Hall–Kier alpha value is -1.85.